The Morgan fingerprint density at radius 3 is 2.50 bits per heavy atom. The van der Waals surface area contributed by atoms with Crippen LogP contribution in [-0.4, -0.2) is 36.1 Å². The van der Waals surface area contributed by atoms with Gasteiger partial charge in [-0.1, -0.05) is 25.1 Å². The number of benzene rings is 2. The van der Waals surface area contributed by atoms with Gasteiger partial charge in [0.05, 0.1) is 7.11 Å². The lowest BCUT2D eigenvalue weighted by Gasteiger charge is -2.32. The van der Waals surface area contributed by atoms with Crippen molar-refractivity contribution >= 4 is 17.4 Å². The molecule has 4 rings (SSSR count). The molecule has 0 unspecified atom stereocenters. The van der Waals surface area contributed by atoms with Gasteiger partial charge in [-0.3, -0.25) is 4.79 Å². The predicted molar refractivity (Wildman–Crippen MR) is 124 cm³/mol. The topological polar surface area (TPSA) is 76.6 Å². The first-order valence-corrected chi connectivity index (χ1v) is 10.9. The quantitative estimate of drug-likeness (QED) is 0.583. The molecule has 0 saturated carbocycles. The minimum absolute atomic E-state index is 0.0310. The van der Waals surface area contributed by atoms with Gasteiger partial charge in [-0.2, -0.15) is 0 Å². The predicted octanol–water partition coefficient (Wildman–Crippen LogP) is 4.70. The highest BCUT2D eigenvalue weighted by molar-refractivity contribution is 5.92. The molecule has 0 radical (unpaired) electrons. The second-order valence-corrected chi connectivity index (χ2v) is 7.77. The van der Waals surface area contributed by atoms with Crippen LogP contribution in [0.15, 0.2) is 60.9 Å². The van der Waals surface area contributed by atoms with Crippen molar-refractivity contribution in [2.75, 3.05) is 30.4 Å². The van der Waals surface area contributed by atoms with E-state index in [1.807, 2.05) is 36.4 Å². The van der Waals surface area contributed by atoms with Crippen molar-refractivity contribution in [3.63, 3.8) is 0 Å². The molecule has 1 fully saturated rings. The van der Waals surface area contributed by atoms with Gasteiger partial charge in [0.2, 0.25) is 5.91 Å². The monoisotopic (exact) mass is 432 g/mol. The van der Waals surface area contributed by atoms with Crippen LogP contribution in [0, 0.1) is 5.92 Å². The maximum Gasteiger partial charge on any atom is 0.263 e. The number of nitrogens with one attached hydrogen (secondary N) is 1. The maximum atomic E-state index is 12.7. The summed E-state index contributed by atoms with van der Waals surface area (Å²) >= 11 is 0. The summed E-state index contributed by atoms with van der Waals surface area (Å²) in [6, 6.07) is 15.4. The van der Waals surface area contributed by atoms with Crippen LogP contribution >= 0.6 is 0 Å². The first-order valence-electron chi connectivity index (χ1n) is 10.9. The van der Waals surface area contributed by atoms with Crippen molar-refractivity contribution in [3.05, 3.63) is 66.5 Å². The van der Waals surface area contributed by atoms with Gasteiger partial charge in [0, 0.05) is 43.2 Å². The molecule has 0 bridgehead atoms. The highest BCUT2D eigenvalue weighted by Crippen LogP contribution is 2.32. The zero-order valence-electron chi connectivity index (χ0n) is 18.5. The van der Waals surface area contributed by atoms with Gasteiger partial charge in [-0.05, 0) is 49.1 Å². The molecule has 0 atom stereocenters. The minimum Gasteiger partial charge on any atom is -0.497 e. The number of ether oxygens (including phenoxy) is 2. The second-order valence-electron chi connectivity index (χ2n) is 7.77. The number of aryl methyl sites for hydroxylation is 1. The van der Waals surface area contributed by atoms with Gasteiger partial charge in [-0.25, -0.2) is 9.97 Å². The van der Waals surface area contributed by atoms with E-state index in [1.54, 1.807) is 19.5 Å². The standard InChI is InChI=1S/C25H28N4O3/c1-3-18-7-9-20(10-8-18)28-24(30)19-11-15-29(16-12-19)23-25(27-14-13-26-23)32-22-6-4-5-21(17-22)31-2/h4-10,13-14,17,19H,3,11-12,15-16H2,1-2H3,(H,28,30). The lowest BCUT2D eigenvalue weighted by Crippen LogP contribution is -2.38. The van der Waals surface area contributed by atoms with Gasteiger partial charge in [0.1, 0.15) is 11.5 Å². The fraction of sp³-hybridized carbons (Fsp3) is 0.320. The van der Waals surface area contributed by atoms with E-state index >= 15 is 0 Å². The molecule has 1 aliphatic heterocycles. The average Bonchev–Trinajstić information content (AvgIpc) is 2.85. The molecule has 7 heteroatoms. The number of piperidine rings is 1. The van der Waals surface area contributed by atoms with Crippen LogP contribution in [0.2, 0.25) is 0 Å². The Morgan fingerprint density at radius 1 is 1.06 bits per heavy atom. The van der Waals surface area contributed by atoms with E-state index in [-0.39, 0.29) is 11.8 Å². The summed E-state index contributed by atoms with van der Waals surface area (Å²) < 4.78 is 11.3. The van der Waals surface area contributed by atoms with Crippen LogP contribution in [0.25, 0.3) is 0 Å². The van der Waals surface area contributed by atoms with E-state index in [1.165, 1.54) is 5.56 Å². The molecule has 0 spiro atoms. The molecule has 32 heavy (non-hydrogen) atoms. The normalized spacial score (nSPS) is 14.1. The van der Waals surface area contributed by atoms with Crippen LogP contribution in [0.1, 0.15) is 25.3 Å². The van der Waals surface area contributed by atoms with Gasteiger partial charge >= 0.3 is 0 Å². The summed E-state index contributed by atoms with van der Waals surface area (Å²) in [4.78, 5) is 23.8. The van der Waals surface area contributed by atoms with E-state index < -0.39 is 0 Å². The molecule has 1 saturated heterocycles. The second kappa shape index (κ2) is 10.1. The van der Waals surface area contributed by atoms with Gasteiger partial charge in [0.15, 0.2) is 5.82 Å². The number of anilines is 2. The zero-order valence-corrected chi connectivity index (χ0v) is 18.5. The lowest BCUT2D eigenvalue weighted by atomic mass is 9.95. The summed E-state index contributed by atoms with van der Waals surface area (Å²) in [5.41, 5.74) is 2.10. The number of carbonyl (C=O) groups is 1. The van der Waals surface area contributed by atoms with Crippen LogP contribution in [0.3, 0.4) is 0 Å². The molecule has 7 nitrogen and oxygen atoms in total. The molecule has 0 aliphatic carbocycles. The van der Waals surface area contributed by atoms with Gasteiger partial charge in [-0.15, -0.1) is 0 Å². The van der Waals surface area contributed by atoms with E-state index in [2.05, 4.69) is 39.2 Å². The Bertz CT molecular complexity index is 1050. The zero-order chi connectivity index (χ0) is 22.3. The summed E-state index contributed by atoms with van der Waals surface area (Å²) in [6.45, 7) is 3.53. The van der Waals surface area contributed by atoms with Crippen LogP contribution in [0.4, 0.5) is 11.5 Å². The van der Waals surface area contributed by atoms with Crippen molar-refractivity contribution in [1.82, 2.24) is 9.97 Å². The number of methoxy groups -OCH3 is 1. The molecule has 166 valence electrons. The minimum atomic E-state index is -0.0310. The Kier molecular flexibility index (Phi) is 6.84. The number of carbonyl (C=O) groups excluding carboxylic acids is 1. The maximum absolute atomic E-state index is 12.7. The van der Waals surface area contributed by atoms with E-state index in [9.17, 15) is 4.79 Å². The molecular formula is C25H28N4O3. The van der Waals surface area contributed by atoms with Crippen LogP contribution in [0.5, 0.6) is 17.4 Å². The third-order valence-electron chi connectivity index (χ3n) is 5.70. The summed E-state index contributed by atoms with van der Waals surface area (Å²) in [5.74, 6) is 2.51. The molecule has 1 N–H and O–H groups in total. The first kappa shape index (κ1) is 21.6. The fourth-order valence-electron chi connectivity index (χ4n) is 3.80. The third kappa shape index (κ3) is 5.17. The van der Waals surface area contributed by atoms with Crippen LogP contribution in [-0.2, 0) is 11.2 Å². The van der Waals surface area contributed by atoms with Crippen molar-refractivity contribution in [2.24, 2.45) is 5.92 Å². The number of amides is 1. The largest absolute Gasteiger partial charge is 0.497 e. The Hall–Kier alpha value is -3.61. The molecule has 1 amide bonds. The highest BCUT2D eigenvalue weighted by Gasteiger charge is 2.27. The molecule has 1 aromatic heterocycles. The summed E-state index contributed by atoms with van der Waals surface area (Å²) in [7, 11) is 1.62. The molecule has 1 aliphatic rings. The number of rotatable bonds is 7. The van der Waals surface area contributed by atoms with Gasteiger partial charge in [0.25, 0.3) is 5.88 Å². The summed E-state index contributed by atoms with van der Waals surface area (Å²) in [5, 5.41) is 3.05. The summed E-state index contributed by atoms with van der Waals surface area (Å²) in [6.07, 6.45) is 5.75. The number of aromatic nitrogens is 2. The Balaban J connectivity index is 1.38. The molecule has 3 aromatic rings. The number of nitrogens with zero attached hydrogens (tertiary/aromatic N) is 3. The van der Waals surface area contributed by atoms with Crippen molar-refractivity contribution in [1.29, 1.82) is 0 Å². The van der Waals surface area contributed by atoms with Gasteiger partial charge < -0.3 is 19.7 Å². The Labute approximate surface area is 188 Å². The fourth-order valence-corrected chi connectivity index (χ4v) is 3.80. The first-order chi connectivity index (χ1) is 15.7. The van der Waals surface area contributed by atoms with Crippen molar-refractivity contribution < 1.29 is 14.3 Å². The van der Waals surface area contributed by atoms with E-state index in [0.29, 0.717) is 36.3 Å². The van der Waals surface area contributed by atoms with Crippen molar-refractivity contribution in [2.45, 2.75) is 26.2 Å². The Morgan fingerprint density at radius 2 is 1.78 bits per heavy atom. The van der Waals surface area contributed by atoms with Crippen LogP contribution < -0.4 is 19.7 Å². The van der Waals surface area contributed by atoms with Crippen molar-refractivity contribution in [3.8, 4) is 17.4 Å². The number of hydrogen-bond acceptors (Lipinski definition) is 6. The molecule has 2 heterocycles. The average molecular weight is 433 g/mol. The molecule has 2 aromatic carbocycles. The lowest BCUT2D eigenvalue weighted by molar-refractivity contribution is -0.120. The smallest absolute Gasteiger partial charge is 0.263 e. The van der Waals surface area contributed by atoms with E-state index in [0.717, 1.165) is 24.9 Å². The molecular weight excluding hydrogens is 404 g/mol. The number of hydrogen-bond donors (Lipinski definition) is 1. The highest BCUT2D eigenvalue weighted by atomic mass is 16.5. The SMILES string of the molecule is CCc1ccc(NC(=O)C2CCN(c3nccnc3Oc3cccc(OC)c3)CC2)cc1. The third-order valence-corrected chi connectivity index (χ3v) is 5.70. The van der Waals surface area contributed by atoms with E-state index in [4.69, 9.17) is 9.47 Å².